The Hall–Kier alpha value is -2.08. The van der Waals surface area contributed by atoms with E-state index < -0.39 is 5.97 Å². The lowest BCUT2D eigenvalue weighted by atomic mass is 10.1. The number of aromatic hydroxyl groups is 1. The maximum absolute atomic E-state index is 11.8. The summed E-state index contributed by atoms with van der Waals surface area (Å²) in [4.78, 5) is 22.6. The number of anilines is 1. The molecule has 1 aromatic rings. The first kappa shape index (κ1) is 12.4. The number of carbonyl (C=O) groups excluding carboxylic acids is 1. The molecule has 1 aliphatic heterocycles. The van der Waals surface area contributed by atoms with Crippen LogP contribution in [0.2, 0.25) is 0 Å². The van der Waals surface area contributed by atoms with Gasteiger partial charge in [0.05, 0.1) is 23.8 Å². The minimum atomic E-state index is -1.12. The van der Waals surface area contributed by atoms with E-state index in [1.807, 2.05) is 0 Å². The summed E-state index contributed by atoms with van der Waals surface area (Å²) in [6.45, 7) is 0.893. The third-order valence-corrected chi connectivity index (χ3v) is 2.80. The van der Waals surface area contributed by atoms with Crippen molar-refractivity contribution in [1.29, 1.82) is 0 Å². The molecule has 1 aromatic carbocycles. The van der Waals surface area contributed by atoms with E-state index >= 15 is 0 Å². The molecule has 96 valence electrons. The van der Waals surface area contributed by atoms with Crippen molar-refractivity contribution in [1.82, 2.24) is 0 Å². The number of hydrogen-bond acceptors (Lipinski definition) is 4. The summed E-state index contributed by atoms with van der Waals surface area (Å²) in [5.74, 6) is -1.80. The van der Waals surface area contributed by atoms with Gasteiger partial charge in [-0.25, -0.2) is 4.79 Å². The van der Waals surface area contributed by atoms with Crippen molar-refractivity contribution < 1.29 is 24.5 Å². The molecule has 0 radical (unpaired) electrons. The third-order valence-electron chi connectivity index (χ3n) is 2.80. The molecule has 1 atom stereocenters. The van der Waals surface area contributed by atoms with Crippen molar-refractivity contribution in [2.45, 2.75) is 6.42 Å². The van der Waals surface area contributed by atoms with Crippen LogP contribution in [0.1, 0.15) is 16.8 Å². The Balaban J connectivity index is 2.14. The molecule has 0 spiro atoms. The van der Waals surface area contributed by atoms with E-state index in [9.17, 15) is 14.7 Å². The molecule has 1 fully saturated rings. The van der Waals surface area contributed by atoms with Gasteiger partial charge in [0.1, 0.15) is 5.75 Å². The van der Waals surface area contributed by atoms with Crippen LogP contribution in [0.5, 0.6) is 5.75 Å². The molecule has 18 heavy (non-hydrogen) atoms. The first-order valence-electron chi connectivity index (χ1n) is 5.53. The zero-order valence-electron chi connectivity index (χ0n) is 9.55. The van der Waals surface area contributed by atoms with Gasteiger partial charge in [-0.05, 0) is 24.6 Å². The lowest BCUT2D eigenvalue weighted by Crippen LogP contribution is -2.23. The number of carboxylic acid groups (broad SMARTS) is 1. The van der Waals surface area contributed by atoms with Gasteiger partial charge < -0.3 is 20.3 Å². The van der Waals surface area contributed by atoms with Crippen LogP contribution in [-0.4, -0.2) is 35.3 Å². The van der Waals surface area contributed by atoms with Crippen LogP contribution in [0.25, 0.3) is 0 Å². The number of phenols is 1. The number of phenolic OH excluding ortho intramolecular Hbond substituents is 1. The molecule has 3 N–H and O–H groups in total. The molecule has 0 aromatic heterocycles. The van der Waals surface area contributed by atoms with Crippen molar-refractivity contribution in [3.05, 3.63) is 23.8 Å². The number of aromatic carboxylic acids is 1. The fourth-order valence-electron chi connectivity index (χ4n) is 1.75. The van der Waals surface area contributed by atoms with Gasteiger partial charge in [0.2, 0.25) is 5.91 Å². The van der Waals surface area contributed by atoms with Crippen LogP contribution < -0.4 is 5.32 Å². The molecular weight excluding hydrogens is 238 g/mol. The Bertz CT molecular complexity index is 479. The minimum Gasteiger partial charge on any atom is -0.506 e. The fraction of sp³-hybridized carbons (Fsp3) is 0.333. The molecule has 1 aliphatic rings. The Morgan fingerprint density at radius 1 is 1.39 bits per heavy atom. The van der Waals surface area contributed by atoms with E-state index in [0.29, 0.717) is 19.6 Å². The quantitative estimate of drug-likeness (QED) is 0.698. The first-order valence-corrected chi connectivity index (χ1v) is 5.53. The Kier molecular flexibility index (Phi) is 3.47. The minimum absolute atomic E-state index is 0.00534. The number of rotatable bonds is 3. The van der Waals surface area contributed by atoms with Gasteiger partial charge in [0, 0.05) is 6.61 Å². The molecule has 6 nitrogen and oxygen atoms in total. The predicted molar refractivity (Wildman–Crippen MR) is 62.6 cm³/mol. The second-order valence-electron chi connectivity index (χ2n) is 4.09. The van der Waals surface area contributed by atoms with Crippen molar-refractivity contribution in [3.8, 4) is 5.75 Å². The van der Waals surface area contributed by atoms with Gasteiger partial charge in [-0.3, -0.25) is 4.79 Å². The highest BCUT2D eigenvalue weighted by Gasteiger charge is 2.24. The summed E-state index contributed by atoms with van der Waals surface area (Å²) in [7, 11) is 0. The molecule has 1 saturated heterocycles. The van der Waals surface area contributed by atoms with Crippen LogP contribution in [0.15, 0.2) is 18.2 Å². The SMILES string of the molecule is O=C(O)c1ccc(O)c(NC(=O)C2CCOC2)c1. The maximum atomic E-state index is 11.8. The second kappa shape index (κ2) is 5.05. The van der Waals surface area contributed by atoms with Gasteiger partial charge in [0.25, 0.3) is 0 Å². The number of nitrogens with one attached hydrogen (secondary N) is 1. The normalized spacial score (nSPS) is 18.6. The number of carbonyl (C=O) groups is 2. The van der Waals surface area contributed by atoms with E-state index in [1.54, 1.807) is 0 Å². The molecule has 0 aliphatic carbocycles. The highest BCUT2D eigenvalue weighted by molar-refractivity contribution is 5.96. The van der Waals surface area contributed by atoms with Gasteiger partial charge in [-0.15, -0.1) is 0 Å². The third kappa shape index (κ3) is 2.60. The summed E-state index contributed by atoms with van der Waals surface area (Å²) in [5.41, 5.74) is 0.109. The Morgan fingerprint density at radius 2 is 2.17 bits per heavy atom. The van der Waals surface area contributed by atoms with Crippen molar-refractivity contribution in [2.24, 2.45) is 5.92 Å². The summed E-state index contributed by atoms with van der Waals surface area (Å²) in [6, 6.07) is 3.74. The van der Waals surface area contributed by atoms with E-state index in [-0.39, 0.29) is 28.8 Å². The first-order chi connectivity index (χ1) is 8.58. The van der Waals surface area contributed by atoms with Crippen molar-refractivity contribution >= 4 is 17.6 Å². The largest absolute Gasteiger partial charge is 0.506 e. The number of benzene rings is 1. The van der Waals surface area contributed by atoms with Crippen LogP contribution in [0.3, 0.4) is 0 Å². The predicted octanol–water partition coefficient (Wildman–Crippen LogP) is 1.07. The molecule has 1 heterocycles. The zero-order valence-corrected chi connectivity index (χ0v) is 9.55. The van der Waals surface area contributed by atoms with Gasteiger partial charge in [-0.1, -0.05) is 0 Å². The average Bonchev–Trinajstić information content (AvgIpc) is 2.85. The van der Waals surface area contributed by atoms with Gasteiger partial charge in [-0.2, -0.15) is 0 Å². The average molecular weight is 251 g/mol. The molecule has 6 heteroatoms. The van der Waals surface area contributed by atoms with Crippen molar-refractivity contribution in [2.75, 3.05) is 18.5 Å². The second-order valence-corrected chi connectivity index (χ2v) is 4.09. The highest BCUT2D eigenvalue weighted by atomic mass is 16.5. The van der Waals surface area contributed by atoms with Crippen LogP contribution >= 0.6 is 0 Å². The van der Waals surface area contributed by atoms with E-state index in [1.165, 1.54) is 18.2 Å². The number of ether oxygens (including phenoxy) is 1. The summed E-state index contributed by atoms with van der Waals surface area (Å²) >= 11 is 0. The van der Waals surface area contributed by atoms with Crippen LogP contribution in [0.4, 0.5) is 5.69 Å². The number of carboxylic acids is 1. The zero-order chi connectivity index (χ0) is 13.1. The molecule has 0 bridgehead atoms. The lowest BCUT2D eigenvalue weighted by Gasteiger charge is -2.11. The Labute approximate surface area is 103 Å². The van der Waals surface area contributed by atoms with Crippen LogP contribution in [0, 0.1) is 5.92 Å². The number of hydrogen-bond donors (Lipinski definition) is 3. The van der Waals surface area contributed by atoms with E-state index in [0.717, 1.165) is 0 Å². The molecule has 1 amide bonds. The molecule has 2 rings (SSSR count). The topological polar surface area (TPSA) is 95.9 Å². The summed E-state index contributed by atoms with van der Waals surface area (Å²) in [6.07, 6.45) is 0.630. The number of amides is 1. The maximum Gasteiger partial charge on any atom is 0.335 e. The molecular formula is C12H13NO5. The standard InChI is InChI=1S/C12H13NO5/c14-10-2-1-7(12(16)17)5-9(10)13-11(15)8-3-4-18-6-8/h1-2,5,8,14H,3-4,6H2,(H,13,15)(H,16,17). The summed E-state index contributed by atoms with van der Waals surface area (Å²) in [5, 5.41) is 20.9. The Morgan fingerprint density at radius 3 is 2.78 bits per heavy atom. The fourth-order valence-corrected chi connectivity index (χ4v) is 1.75. The van der Waals surface area contributed by atoms with Crippen molar-refractivity contribution in [3.63, 3.8) is 0 Å². The molecule has 0 saturated carbocycles. The van der Waals surface area contributed by atoms with Gasteiger partial charge in [0.15, 0.2) is 0 Å². The highest BCUT2D eigenvalue weighted by Crippen LogP contribution is 2.25. The smallest absolute Gasteiger partial charge is 0.335 e. The molecule has 1 unspecified atom stereocenters. The lowest BCUT2D eigenvalue weighted by molar-refractivity contribution is -0.119. The van der Waals surface area contributed by atoms with Gasteiger partial charge >= 0.3 is 5.97 Å². The van der Waals surface area contributed by atoms with E-state index in [4.69, 9.17) is 9.84 Å². The van der Waals surface area contributed by atoms with Crippen LogP contribution in [-0.2, 0) is 9.53 Å². The van der Waals surface area contributed by atoms with E-state index in [2.05, 4.69) is 5.32 Å². The monoisotopic (exact) mass is 251 g/mol. The summed E-state index contributed by atoms with van der Waals surface area (Å²) < 4.78 is 5.09.